The van der Waals surface area contributed by atoms with Crippen molar-refractivity contribution in [3.63, 3.8) is 0 Å². The highest BCUT2D eigenvalue weighted by atomic mass is 35.5. The van der Waals surface area contributed by atoms with E-state index < -0.39 is 0 Å². The van der Waals surface area contributed by atoms with Gasteiger partial charge in [-0.05, 0) is 37.0 Å². The molecule has 5 nitrogen and oxygen atoms in total. The monoisotopic (exact) mass is 354 g/mol. The Kier molecular flexibility index (Phi) is 4.17. The number of carbonyl (C=O) groups is 1. The van der Waals surface area contributed by atoms with E-state index in [-0.39, 0.29) is 5.91 Å². The molecule has 1 fully saturated rings. The third-order valence-electron chi connectivity index (χ3n) is 4.84. The summed E-state index contributed by atoms with van der Waals surface area (Å²) in [6, 6.07) is 5.65. The van der Waals surface area contributed by atoms with Crippen LogP contribution in [0.4, 0.5) is 0 Å². The van der Waals surface area contributed by atoms with Gasteiger partial charge < -0.3 is 4.90 Å². The number of pyridine rings is 2. The van der Waals surface area contributed by atoms with Crippen LogP contribution in [0.2, 0.25) is 5.02 Å². The smallest absolute Gasteiger partial charge is 0.255 e. The van der Waals surface area contributed by atoms with E-state index in [1.54, 1.807) is 18.6 Å². The molecule has 4 rings (SSSR count). The highest BCUT2D eigenvalue weighted by Crippen LogP contribution is 2.28. The lowest BCUT2D eigenvalue weighted by Gasteiger charge is -2.30. The Hall–Kier alpha value is -2.40. The van der Waals surface area contributed by atoms with Crippen LogP contribution in [0.15, 0.2) is 43.0 Å². The summed E-state index contributed by atoms with van der Waals surface area (Å²) in [6.07, 6.45) is 9.05. The summed E-state index contributed by atoms with van der Waals surface area (Å²) < 4.78 is 1.89. The Morgan fingerprint density at radius 3 is 2.80 bits per heavy atom. The summed E-state index contributed by atoms with van der Waals surface area (Å²) in [5.41, 5.74) is 2.20. The Labute approximate surface area is 151 Å². The quantitative estimate of drug-likeness (QED) is 0.700. The molecule has 25 heavy (non-hydrogen) atoms. The summed E-state index contributed by atoms with van der Waals surface area (Å²) in [6.45, 7) is 3.85. The van der Waals surface area contributed by atoms with Gasteiger partial charge in [0, 0.05) is 37.1 Å². The number of fused-ring (bicyclic) bond motifs is 1. The zero-order valence-corrected chi connectivity index (χ0v) is 14.8. The van der Waals surface area contributed by atoms with Gasteiger partial charge in [-0.1, -0.05) is 18.5 Å². The number of aromatic nitrogens is 3. The first kappa shape index (κ1) is 16.1. The van der Waals surface area contributed by atoms with Crippen molar-refractivity contribution in [1.82, 2.24) is 19.4 Å². The number of amides is 1. The van der Waals surface area contributed by atoms with Crippen LogP contribution in [0.25, 0.3) is 16.7 Å². The van der Waals surface area contributed by atoms with Gasteiger partial charge in [0.25, 0.3) is 5.91 Å². The standard InChI is InChI=1S/C19H19ClN4O/c1-13-4-7-23(8-5-13)19(25)14-9-16-17(20)12-24(18(16)22-10-14)15-3-2-6-21-11-15/h2-3,6,9-13H,4-5,7-8H2,1H3. The molecule has 0 spiro atoms. The average Bonchev–Trinajstić information content (AvgIpc) is 2.99. The summed E-state index contributed by atoms with van der Waals surface area (Å²) in [5.74, 6) is 0.721. The van der Waals surface area contributed by atoms with E-state index >= 15 is 0 Å². The molecular weight excluding hydrogens is 336 g/mol. The van der Waals surface area contributed by atoms with E-state index in [9.17, 15) is 4.79 Å². The number of piperidine rings is 1. The van der Waals surface area contributed by atoms with Gasteiger partial charge in [-0.2, -0.15) is 0 Å². The van der Waals surface area contributed by atoms with Crippen LogP contribution < -0.4 is 0 Å². The zero-order chi connectivity index (χ0) is 17.4. The lowest BCUT2D eigenvalue weighted by molar-refractivity contribution is 0.0697. The van der Waals surface area contributed by atoms with Crippen LogP contribution in [-0.4, -0.2) is 38.4 Å². The number of carbonyl (C=O) groups excluding carboxylic acids is 1. The topological polar surface area (TPSA) is 51.0 Å². The van der Waals surface area contributed by atoms with E-state index in [0.717, 1.165) is 42.7 Å². The highest BCUT2D eigenvalue weighted by molar-refractivity contribution is 6.35. The van der Waals surface area contributed by atoms with Crippen molar-refractivity contribution in [2.75, 3.05) is 13.1 Å². The molecular formula is C19H19ClN4O. The molecule has 4 heterocycles. The number of rotatable bonds is 2. The van der Waals surface area contributed by atoms with E-state index in [1.165, 1.54) is 0 Å². The fraction of sp³-hybridized carbons (Fsp3) is 0.316. The molecule has 1 amide bonds. The SMILES string of the molecule is CC1CCN(C(=O)c2cnc3c(c2)c(Cl)cn3-c2cccnc2)CC1. The third-order valence-corrected chi connectivity index (χ3v) is 5.14. The molecule has 0 aromatic carbocycles. The molecule has 0 bridgehead atoms. The second-order valence-electron chi connectivity index (χ2n) is 6.63. The minimum atomic E-state index is 0.0338. The van der Waals surface area contributed by atoms with Crippen LogP contribution in [-0.2, 0) is 0 Å². The molecule has 1 aliphatic heterocycles. The first-order chi connectivity index (χ1) is 12.1. The predicted octanol–water partition coefficient (Wildman–Crippen LogP) is 3.95. The Morgan fingerprint density at radius 1 is 1.28 bits per heavy atom. The van der Waals surface area contributed by atoms with Gasteiger partial charge in [-0.15, -0.1) is 0 Å². The maximum Gasteiger partial charge on any atom is 0.255 e. The first-order valence-corrected chi connectivity index (χ1v) is 8.87. The summed E-state index contributed by atoms with van der Waals surface area (Å²) in [5, 5.41) is 1.36. The summed E-state index contributed by atoms with van der Waals surface area (Å²) >= 11 is 6.40. The fourth-order valence-corrected chi connectivity index (χ4v) is 3.51. The molecule has 3 aromatic heterocycles. The number of hydrogen-bond donors (Lipinski definition) is 0. The van der Waals surface area contributed by atoms with Gasteiger partial charge in [0.05, 0.1) is 22.5 Å². The van der Waals surface area contributed by atoms with Gasteiger partial charge in [0.15, 0.2) is 0 Å². The van der Waals surface area contributed by atoms with Crippen molar-refractivity contribution in [3.8, 4) is 5.69 Å². The van der Waals surface area contributed by atoms with Crippen molar-refractivity contribution >= 4 is 28.5 Å². The Morgan fingerprint density at radius 2 is 2.08 bits per heavy atom. The van der Waals surface area contributed by atoms with E-state index in [4.69, 9.17) is 11.6 Å². The third kappa shape index (κ3) is 3.00. The van der Waals surface area contributed by atoms with Crippen molar-refractivity contribution < 1.29 is 4.79 Å². The van der Waals surface area contributed by atoms with Crippen molar-refractivity contribution in [2.45, 2.75) is 19.8 Å². The second-order valence-corrected chi connectivity index (χ2v) is 7.04. The highest BCUT2D eigenvalue weighted by Gasteiger charge is 2.22. The average molecular weight is 355 g/mol. The maximum atomic E-state index is 12.8. The fourth-order valence-electron chi connectivity index (χ4n) is 3.27. The van der Waals surface area contributed by atoms with Gasteiger partial charge in [-0.3, -0.25) is 14.3 Å². The molecule has 1 aliphatic rings. The molecule has 0 saturated carbocycles. The normalized spacial score (nSPS) is 15.7. The van der Waals surface area contributed by atoms with Crippen molar-refractivity contribution in [1.29, 1.82) is 0 Å². The molecule has 1 saturated heterocycles. The van der Waals surface area contributed by atoms with Crippen molar-refractivity contribution in [3.05, 3.63) is 53.6 Å². The lowest BCUT2D eigenvalue weighted by Crippen LogP contribution is -2.37. The maximum absolute atomic E-state index is 12.8. The summed E-state index contributed by atoms with van der Waals surface area (Å²) in [4.78, 5) is 23.3. The zero-order valence-electron chi connectivity index (χ0n) is 14.0. The van der Waals surface area contributed by atoms with E-state index in [1.807, 2.05) is 33.9 Å². The van der Waals surface area contributed by atoms with Crippen LogP contribution in [0.1, 0.15) is 30.1 Å². The predicted molar refractivity (Wildman–Crippen MR) is 98.2 cm³/mol. The molecule has 0 N–H and O–H groups in total. The molecule has 0 radical (unpaired) electrons. The van der Waals surface area contributed by atoms with Gasteiger partial charge in [0.2, 0.25) is 0 Å². The van der Waals surface area contributed by atoms with Gasteiger partial charge >= 0.3 is 0 Å². The van der Waals surface area contributed by atoms with Crippen LogP contribution in [0.5, 0.6) is 0 Å². The Balaban J connectivity index is 1.69. The molecule has 128 valence electrons. The largest absolute Gasteiger partial charge is 0.339 e. The van der Waals surface area contributed by atoms with Crippen LogP contribution >= 0.6 is 11.6 Å². The van der Waals surface area contributed by atoms with Gasteiger partial charge in [-0.25, -0.2) is 4.98 Å². The number of hydrogen-bond acceptors (Lipinski definition) is 3. The molecule has 0 aliphatic carbocycles. The molecule has 0 unspecified atom stereocenters. The summed E-state index contributed by atoms with van der Waals surface area (Å²) in [7, 11) is 0. The molecule has 0 atom stereocenters. The van der Waals surface area contributed by atoms with Crippen LogP contribution in [0.3, 0.4) is 0 Å². The van der Waals surface area contributed by atoms with Gasteiger partial charge in [0.1, 0.15) is 5.65 Å². The number of likely N-dealkylation sites (tertiary alicyclic amines) is 1. The van der Waals surface area contributed by atoms with Crippen LogP contribution in [0, 0.1) is 5.92 Å². The van der Waals surface area contributed by atoms with E-state index in [2.05, 4.69) is 16.9 Å². The molecule has 6 heteroatoms. The minimum absolute atomic E-state index is 0.0338. The van der Waals surface area contributed by atoms with E-state index in [0.29, 0.717) is 16.5 Å². The lowest BCUT2D eigenvalue weighted by atomic mass is 9.99. The second kappa shape index (κ2) is 6.48. The Bertz CT molecular complexity index is 914. The van der Waals surface area contributed by atoms with Crippen molar-refractivity contribution in [2.24, 2.45) is 5.92 Å². The first-order valence-electron chi connectivity index (χ1n) is 8.50. The molecule has 3 aromatic rings. The minimum Gasteiger partial charge on any atom is -0.339 e. The number of halogens is 1. The number of nitrogens with zero attached hydrogens (tertiary/aromatic N) is 4.